The third kappa shape index (κ3) is 3.30. The van der Waals surface area contributed by atoms with Crippen LogP contribution in [0.5, 0.6) is 5.75 Å². The van der Waals surface area contributed by atoms with Crippen LogP contribution >= 0.6 is 0 Å². The Bertz CT molecular complexity index is 440. The number of piperidine rings is 1. The molecule has 0 aliphatic carbocycles. The molecule has 2 aliphatic rings. The van der Waals surface area contributed by atoms with Gasteiger partial charge in [-0.2, -0.15) is 0 Å². The minimum Gasteiger partial charge on any atom is -0.487 e. The second-order valence-electron chi connectivity index (χ2n) is 5.64. The molecule has 0 atom stereocenters. The predicted octanol–water partition coefficient (Wildman–Crippen LogP) is 2.85. The van der Waals surface area contributed by atoms with Crippen LogP contribution in [-0.2, 0) is 4.74 Å². The highest BCUT2D eigenvalue weighted by atomic mass is 19.1. The van der Waals surface area contributed by atoms with Crippen molar-refractivity contribution in [3.8, 4) is 5.75 Å². The van der Waals surface area contributed by atoms with Gasteiger partial charge in [0.25, 0.3) is 0 Å². The van der Waals surface area contributed by atoms with Gasteiger partial charge in [0.05, 0.1) is 13.2 Å². The summed E-state index contributed by atoms with van der Waals surface area (Å²) >= 11 is 0. The Morgan fingerprint density at radius 2 is 1.85 bits per heavy atom. The summed E-state index contributed by atoms with van der Waals surface area (Å²) in [4.78, 5) is 0. The van der Waals surface area contributed by atoms with E-state index in [9.17, 15) is 4.39 Å². The zero-order valence-electron chi connectivity index (χ0n) is 11.7. The molecule has 2 saturated heterocycles. The van der Waals surface area contributed by atoms with Gasteiger partial charge in [-0.25, -0.2) is 4.39 Å². The summed E-state index contributed by atoms with van der Waals surface area (Å²) in [5, 5.41) is 3.33. The van der Waals surface area contributed by atoms with E-state index < -0.39 is 0 Å². The molecule has 1 aromatic carbocycles. The van der Waals surface area contributed by atoms with Crippen LogP contribution in [0.15, 0.2) is 18.2 Å². The molecular formula is C16H22FNO2. The van der Waals surface area contributed by atoms with E-state index in [0.29, 0.717) is 24.9 Å². The first-order chi connectivity index (χ1) is 9.83. The molecule has 3 rings (SSSR count). The lowest BCUT2D eigenvalue weighted by Gasteiger charge is -2.25. The first-order valence-electron chi connectivity index (χ1n) is 7.57. The second-order valence-corrected chi connectivity index (χ2v) is 5.64. The first-order valence-corrected chi connectivity index (χ1v) is 7.57. The summed E-state index contributed by atoms with van der Waals surface area (Å²) in [7, 11) is 0. The van der Waals surface area contributed by atoms with Crippen molar-refractivity contribution >= 4 is 0 Å². The third-order valence-electron chi connectivity index (χ3n) is 4.23. The van der Waals surface area contributed by atoms with E-state index in [1.165, 1.54) is 0 Å². The lowest BCUT2D eigenvalue weighted by atomic mass is 9.90. The predicted molar refractivity (Wildman–Crippen MR) is 75.7 cm³/mol. The lowest BCUT2D eigenvalue weighted by molar-refractivity contribution is 0.0240. The molecule has 0 bridgehead atoms. The van der Waals surface area contributed by atoms with Crippen molar-refractivity contribution < 1.29 is 13.9 Å². The normalized spacial score (nSPS) is 21.9. The van der Waals surface area contributed by atoms with Crippen LogP contribution in [0.2, 0.25) is 0 Å². The fourth-order valence-corrected chi connectivity index (χ4v) is 3.00. The van der Waals surface area contributed by atoms with Crippen molar-refractivity contribution in [1.29, 1.82) is 0 Å². The van der Waals surface area contributed by atoms with Gasteiger partial charge in [-0.05, 0) is 49.5 Å². The van der Waals surface area contributed by atoms with E-state index in [-0.39, 0.29) is 11.9 Å². The van der Waals surface area contributed by atoms with Gasteiger partial charge in [0.2, 0.25) is 0 Å². The molecule has 2 aliphatic heterocycles. The average Bonchev–Trinajstić information content (AvgIpc) is 2.51. The fraction of sp³-hybridized carbons (Fsp3) is 0.625. The zero-order chi connectivity index (χ0) is 13.8. The number of hydrogen-bond donors (Lipinski definition) is 1. The van der Waals surface area contributed by atoms with Crippen molar-refractivity contribution in [3.05, 3.63) is 29.6 Å². The Kier molecular flexibility index (Phi) is 4.53. The monoisotopic (exact) mass is 279 g/mol. The van der Waals surface area contributed by atoms with Crippen LogP contribution in [0.25, 0.3) is 0 Å². The molecule has 0 aromatic heterocycles. The van der Waals surface area contributed by atoms with E-state index in [0.717, 1.165) is 44.3 Å². The summed E-state index contributed by atoms with van der Waals surface area (Å²) in [5.41, 5.74) is 1.10. The van der Waals surface area contributed by atoms with Crippen LogP contribution < -0.4 is 10.1 Å². The first kappa shape index (κ1) is 13.8. The second kappa shape index (κ2) is 6.55. The summed E-state index contributed by atoms with van der Waals surface area (Å²) in [6.45, 7) is 3.46. The molecule has 1 aromatic rings. The van der Waals surface area contributed by atoms with Crippen molar-refractivity contribution in [1.82, 2.24) is 5.32 Å². The van der Waals surface area contributed by atoms with E-state index in [2.05, 4.69) is 5.32 Å². The maximum atomic E-state index is 14.2. The van der Waals surface area contributed by atoms with E-state index >= 15 is 0 Å². The topological polar surface area (TPSA) is 30.5 Å². The summed E-state index contributed by atoms with van der Waals surface area (Å²) in [6.07, 6.45) is 3.94. The van der Waals surface area contributed by atoms with Gasteiger partial charge in [0.15, 0.2) is 11.6 Å². The van der Waals surface area contributed by atoms with Crippen LogP contribution in [0.3, 0.4) is 0 Å². The minimum atomic E-state index is -0.229. The highest BCUT2D eigenvalue weighted by Gasteiger charge is 2.19. The van der Waals surface area contributed by atoms with Crippen LogP contribution in [0.1, 0.15) is 37.2 Å². The Morgan fingerprint density at radius 1 is 1.10 bits per heavy atom. The van der Waals surface area contributed by atoms with Crippen molar-refractivity contribution in [2.45, 2.75) is 37.7 Å². The molecule has 20 heavy (non-hydrogen) atoms. The standard InChI is InChI=1S/C16H22FNO2/c17-15-11-13(12-3-7-18-8-4-12)1-2-16(15)20-14-5-9-19-10-6-14/h1-2,11-12,14,18H,3-10H2. The van der Waals surface area contributed by atoms with Crippen LogP contribution in [0.4, 0.5) is 4.39 Å². The SMILES string of the molecule is Fc1cc(C2CCNCC2)ccc1OC1CCOCC1. The zero-order valence-corrected chi connectivity index (χ0v) is 11.7. The van der Waals surface area contributed by atoms with Gasteiger partial charge in [-0.3, -0.25) is 0 Å². The van der Waals surface area contributed by atoms with Crippen molar-refractivity contribution in [3.63, 3.8) is 0 Å². The molecule has 110 valence electrons. The van der Waals surface area contributed by atoms with Crippen molar-refractivity contribution in [2.24, 2.45) is 0 Å². The fourth-order valence-electron chi connectivity index (χ4n) is 3.00. The highest BCUT2D eigenvalue weighted by molar-refractivity contribution is 5.31. The maximum Gasteiger partial charge on any atom is 0.165 e. The Hall–Kier alpha value is -1.13. The van der Waals surface area contributed by atoms with E-state index in [4.69, 9.17) is 9.47 Å². The molecule has 0 radical (unpaired) electrons. The van der Waals surface area contributed by atoms with Gasteiger partial charge in [-0.15, -0.1) is 0 Å². The van der Waals surface area contributed by atoms with Gasteiger partial charge in [0, 0.05) is 12.8 Å². The molecule has 2 fully saturated rings. The van der Waals surface area contributed by atoms with Crippen LogP contribution in [-0.4, -0.2) is 32.4 Å². The Balaban J connectivity index is 1.66. The van der Waals surface area contributed by atoms with Crippen molar-refractivity contribution in [2.75, 3.05) is 26.3 Å². The van der Waals surface area contributed by atoms with Gasteiger partial charge >= 0.3 is 0 Å². The molecule has 4 heteroatoms. The molecular weight excluding hydrogens is 257 g/mol. The number of benzene rings is 1. The van der Waals surface area contributed by atoms with E-state index in [1.807, 2.05) is 6.07 Å². The average molecular weight is 279 g/mol. The number of ether oxygens (including phenoxy) is 2. The number of nitrogens with one attached hydrogen (secondary N) is 1. The summed E-state index contributed by atoms with van der Waals surface area (Å²) in [6, 6.07) is 5.47. The molecule has 2 heterocycles. The highest BCUT2D eigenvalue weighted by Crippen LogP contribution is 2.29. The smallest absolute Gasteiger partial charge is 0.165 e. The largest absolute Gasteiger partial charge is 0.487 e. The molecule has 0 spiro atoms. The molecule has 0 amide bonds. The number of hydrogen-bond acceptors (Lipinski definition) is 3. The Morgan fingerprint density at radius 3 is 2.55 bits per heavy atom. The lowest BCUT2D eigenvalue weighted by Crippen LogP contribution is -2.27. The molecule has 1 N–H and O–H groups in total. The van der Waals surface area contributed by atoms with Gasteiger partial charge in [-0.1, -0.05) is 6.07 Å². The van der Waals surface area contributed by atoms with Gasteiger partial charge in [0.1, 0.15) is 6.10 Å². The van der Waals surface area contributed by atoms with E-state index in [1.54, 1.807) is 12.1 Å². The third-order valence-corrected chi connectivity index (χ3v) is 4.23. The molecule has 3 nitrogen and oxygen atoms in total. The number of rotatable bonds is 3. The molecule has 0 unspecified atom stereocenters. The summed E-state index contributed by atoms with van der Waals surface area (Å²) in [5.74, 6) is 0.630. The minimum absolute atomic E-state index is 0.0861. The quantitative estimate of drug-likeness (QED) is 0.923. The van der Waals surface area contributed by atoms with Gasteiger partial charge < -0.3 is 14.8 Å². The van der Waals surface area contributed by atoms with Crippen LogP contribution in [0, 0.1) is 5.82 Å². The Labute approximate surface area is 119 Å². The maximum absolute atomic E-state index is 14.2. The summed E-state index contributed by atoms with van der Waals surface area (Å²) < 4.78 is 25.2. The number of halogens is 1. The molecule has 0 saturated carbocycles.